The Morgan fingerprint density at radius 2 is 1.95 bits per heavy atom. The van der Waals surface area contributed by atoms with Crippen LogP contribution in [0.15, 0.2) is 30.3 Å². The molecule has 0 bridgehead atoms. The molecule has 1 aliphatic heterocycles. The Hall–Kier alpha value is -0.900. The van der Waals surface area contributed by atoms with Gasteiger partial charge in [-0.25, -0.2) is 0 Å². The maximum atomic E-state index is 9.65. The molecule has 1 aliphatic rings. The van der Waals surface area contributed by atoms with Crippen molar-refractivity contribution in [3.8, 4) is 0 Å². The van der Waals surface area contributed by atoms with Gasteiger partial charge in [0.15, 0.2) is 0 Å². The first-order valence-corrected chi connectivity index (χ1v) is 7.86. The molecule has 1 unspecified atom stereocenters. The van der Waals surface area contributed by atoms with Crippen LogP contribution in [0.25, 0.3) is 0 Å². The van der Waals surface area contributed by atoms with E-state index in [-0.39, 0.29) is 12.6 Å². The number of hydrogen-bond acceptors (Lipinski definition) is 3. The fourth-order valence-electron chi connectivity index (χ4n) is 3.03. The van der Waals surface area contributed by atoms with E-state index < -0.39 is 0 Å². The molecule has 2 N–H and O–H groups in total. The van der Waals surface area contributed by atoms with Crippen LogP contribution in [0.4, 0.5) is 0 Å². The number of nitrogens with zero attached hydrogens (tertiary/aromatic N) is 1. The van der Waals surface area contributed by atoms with E-state index in [2.05, 4.69) is 36.2 Å². The summed E-state index contributed by atoms with van der Waals surface area (Å²) in [5, 5.41) is 13.3. The molecule has 0 saturated carbocycles. The Bertz CT molecular complexity index is 380. The van der Waals surface area contributed by atoms with Gasteiger partial charge in [0.05, 0.1) is 12.6 Å². The average Bonchev–Trinajstić information content (AvgIpc) is 2.71. The van der Waals surface area contributed by atoms with E-state index in [9.17, 15) is 5.11 Å². The van der Waals surface area contributed by atoms with E-state index in [1.54, 1.807) is 0 Å². The average molecular weight is 276 g/mol. The van der Waals surface area contributed by atoms with Crippen LogP contribution in [0.1, 0.15) is 44.7 Å². The third kappa shape index (κ3) is 4.30. The van der Waals surface area contributed by atoms with Crippen molar-refractivity contribution in [3.63, 3.8) is 0 Å². The van der Waals surface area contributed by atoms with Gasteiger partial charge in [-0.2, -0.15) is 0 Å². The fourth-order valence-corrected chi connectivity index (χ4v) is 3.03. The summed E-state index contributed by atoms with van der Waals surface area (Å²) in [5.74, 6) is 0. The molecule has 112 valence electrons. The van der Waals surface area contributed by atoms with Crippen LogP contribution in [-0.2, 0) is 0 Å². The topological polar surface area (TPSA) is 35.5 Å². The summed E-state index contributed by atoms with van der Waals surface area (Å²) in [7, 11) is 0. The van der Waals surface area contributed by atoms with Crippen LogP contribution in [0.5, 0.6) is 0 Å². The first kappa shape index (κ1) is 15.5. The van der Waals surface area contributed by atoms with Gasteiger partial charge in [0.1, 0.15) is 0 Å². The molecular formula is C17H28N2O. The van der Waals surface area contributed by atoms with E-state index in [1.165, 1.54) is 31.4 Å². The highest BCUT2D eigenvalue weighted by Gasteiger charge is 2.21. The zero-order valence-electron chi connectivity index (χ0n) is 12.8. The molecule has 2 rings (SSSR count). The number of aliphatic hydroxyl groups excluding tert-OH is 1. The monoisotopic (exact) mass is 276 g/mol. The van der Waals surface area contributed by atoms with Crippen molar-refractivity contribution in [1.29, 1.82) is 0 Å². The molecule has 1 fully saturated rings. The Morgan fingerprint density at radius 3 is 2.60 bits per heavy atom. The third-order valence-electron chi connectivity index (χ3n) is 4.31. The van der Waals surface area contributed by atoms with Gasteiger partial charge in [0.25, 0.3) is 0 Å². The summed E-state index contributed by atoms with van der Waals surface area (Å²) < 4.78 is 0. The molecule has 0 radical (unpaired) electrons. The lowest BCUT2D eigenvalue weighted by atomic mass is 10.0. The molecule has 1 aromatic rings. The molecule has 3 heteroatoms. The lowest BCUT2D eigenvalue weighted by Gasteiger charge is -2.26. The number of hydrogen-bond donors (Lipinski definition) is 2. The van der Waals surface area contributed by atoms with Crippen molar-refractivity contribution < 1.29 is 5.11 Å². The van der Waals surface area contributed by atoms with Crippen molar-refractivity contribution >= 4 is 0 Å². The normalized spacial score (nSPS) is 22.7. The summed E-state index contributed by atoms with van der Waals surface area (Å²) >= 11 is 0. The van der Waals surface area contributed by atoms with Gasteiger partial charge in [-0.1, -0.05) is 30.3 Å². The van der Waals surface area contributed by atoms with Crippen molar-refractivity contribution in [1.82, 2.24) is 10.2 Å². The Balaban J connectivity index is 1.91. The molecule has 1 aromatic carbocycles. The second kappa shape index (κ2) is 7.77. The van der Waals surface area contributed by atoms with Crippen molar-refractivity contribution in [2.24, 2.45) is 0 Å². The fraction of sp³-hybridized carbons (Fsp3) is 0.647. The molecule has 20 heavy (non-hydrogen) atoms. The SMILES string of the molecule is CC(C)N1CCCC(N[C@@H](CO)c2ccccc2)CC1. The lowest BCUT2D eigenvalue weighted by Crippen LogP contribution is -2.36. The molecule has 1 heterocycles. The highest BCUT2D eigenvalue weighted by atomic mass is 16.3. The van der Waals surface area contributed by atoms with Gasteiger partial charge in [0, 0.05) is 12.1 Å². The number of nitrogens with one attached hydrogen (secondary N) is 1. The smallest absolute Gasteiger partial charge is 0.0626 e. The standard InChI is InChI=1S/C17H28N2O/c1-14(2)19-11-6-9-16(10-12-19)18-17(13-20)15-7-4-3-5-8-15/h3-5,7-8,14,16-18,20H,6,9-13H2,1-2H3/t16?,17-/m0/s1. The van der Waals surface area contributed by atoms with E-state index in [4.69, 9.17) is 0 Å². The predicted molar refractivity (Wildman–Crippen MR) is 83.8 cm³/mol. The number of likely N-dealkylation sites (tertiary alicyclic amines) is 1. The quantitative estimate of drug-likeness (QED) is 0.867. The van der Waals surface area contributed by atoms with Gasteiger partial charge in [-0.3, -0.25) is 0 Å². The van der Waals surface area contributed by atoms with E-state index in [1.807, 2.05) is 18.2 Å². The number of rotatable bonds is 5. The Morgan fingerprint density at radius 1 is 1.20 bits per heavy atom. The molecule has 0 aliphatic carbocycles. The largest absolute Gasteiger partial charge is 0.394 e. The summed E-state index contributed by atoms with van der Waals surface area (Å²) in [6, 6.07) is 11.5. The van der Waals surface area contributed by atoms with Crippen LogP contribution < -0.4 is 5.32 Å². The van der Waals surface area contributed by atoms with Gasteiger partial charge < -0.3 is 15.3 Å². The maximum Gasteiger partial charge on any atom is 0.0626 e. The van der Waals surface area contributed by atoms with Crippen LogP contribution in [0, 0.1) is 0 Å². The molecule has 2 atom stereocenters. The number of aliphatic hydroxyl groups is 1. The zero-order chi connectivity index (χ0) is 14.4. The van der Waals surface area contributed by atoms with Crippen LogP contribution in [0.2, 0.25) is 0 Å². The minimum Gasteiger partial charge on any atom is -0.394 e. The first-order chi connectivity index (χ1) is 9.70. The molecular weight excluding hydrogens is 248 g/mol. The van der Waals surface area contributed by atoms with Crippen LogP contribution in [-0.4, -0.2) is 41.8 Å². The van der Waals surface area contributed by atoms with Crippen LogP contribution in [0.3, 0.4) is 0 Å². The first-order valence-electron chi connectivity index (χ1n) is 7.86. The highest BCUT2D eigenvalue weighted by molar-refractivity contribution is 5.19. The van der Waals surface area contributed by atoms with E-state index in [0.29, 0.717) is 12.1 Å². The molecule has 0 aromatic heterocycles. The molecule has 0 spiro atoms. The summed E-state index contributed by atoms with van der Waals surface area (Å²) in [4.78, 5) is 2.55. The molecule has 0 amide bonds. The Kier molecular flexibility index (Phi) is 6.02. The summed E-state index contributed by atoms with van der Waals surface area (Å²) in [6.45, 7) is 7.06. The zero-order valence-corrected chi connectivity index (χ0v) is 12.8. The van der Waals surface area contributed by atoms with Gasteiger partial charge in [-0.15, -0.1) is 0 Å². The van der Waals surface area contributed by atoms with Gasteiger partial charge >= 0.3 is 0 Å². The Labute approximate surface area is 123 Å². The second-order valence-electron chi connectivity index (χ2n) is 6.07. The van der Waals surface area contributed by atoms with E-state index >= 15 is 0 Å². The minimum atomic E-state index is 0.0619. The van der Waals surface area contributed by atoms with Gasteiger partial charge in [-0.05, 0) is 51.8 Å². The van der Waals surface area contributed by atoms with Crippen molar-refractivity contribution in [2.75, 3.05) is 19.7 Å². The third-order valence-corrected chi connectivity index (χ3v) is 4.31. The number of benzene rings is 1. The maximum absolute atomic E-state index is 9.65. The molecule has 3 nitrogen and oxygen atoms in total. The summed E-state index contributed by atoms with van der Waals surface area (Å²) in [5.41, 5.74) is 1.18. The van der Waals surface area contributed by atoms with Crippen molar-refractivity contribution in [2.45, 2.75) is 51.2 Å². The molecule has 1 saturated heterocycles. The predicted octanol–water partition coefficient (Wildman–Crippen LogP) is 2.57. The van der Waals surface area contributed by atoms with Crippen LogP contribution >= 0.6 is 0 Å². The highest BCUT2D eigenvalue weighted by Crippen LogP contribution is 2.18. The van der Waals surface area contributed by atoms with Crippen molar-refractivity contribution in [3.05, 3.63) is 35.9 Å². The minimum absolute atomic E-state index is 0.0619. The lowest BCUT2D eigenvalue weighted by molar-refractivity contribution is 0.217. The van der Waals surface area contributed by atoms with E-state index in [0.717, 1.165) is 6.54 Å². The second-order valence-corrected chi connectivity index (χ2v) is 6.07. The summed E-state index contributed by atoms with van der Waals surface area (Å²) in [6.07, 6.45) is 3.61. The van der Waals surface area contributed by atoms with Gasteiger partial charge in [0.2, 0.25) is 0 Å².